The van der Waals surface area contributed by atoms with Crippen LogP contribution in [0.5, 0.6) is 0 Å². The molecule has 148 valence electrons. The van der Waals surface area contributed by atoms with Gasteiger partial charge in [0.15, 0.2) is 0 Å². The van der Waals surface area contributed by atoms with E-state index >= 15 is 0 Å². The van der Waals surface area contributed by atoms with Crippen molar-refractivity contribution in [2.45, 2.75) is 46.6 Å². The first-order valence-corrected chi connectivity index (χ1v) is 10.6. The number of fused-ring (bicyclic) bond motifs is 1. The maximum atomic E-state index is 13.2. The number of rotatable bonds is 6. The van der Waals surface area contributed by atoms with Crippen molar-refractivity contribution in [1.82, 2.24) is 14.3 Å². The molecule has 0 saturated carbocycles. The molecular weight excluding hydrogens is 392 g/mol. The van der Waals surface area contributed by atoms with E-state index in [1.54, 1.807) is 17.2 Å². The second-order valence-electron chi connectivity index (χ2n) is 6.85. The van der Waals surface area contributed by atoms with E-state index in [2.05, 4.69) is 10.3 Å². The lowest BCUT2D eigenvalue weighted by Crippen LogP contribution is -2.36. The predicted molar refractivity (Wildman–Crippen MR) is 120 cm³/mol. The monoisotopic (exact) mass is 416 g/mol. The maximum Gasteiger partial charge on any atom is 0.267 e. The normalized spacial score (nSPS) is 17.0. The predicted octanol–water partition coefficient (Wildman–Crippen LogP) is 3.82. The maximum absolute atomic E-state index is 13.2. The van der Waals surface area contributed by atoms with Crippen molar-refractivity contribution in [3.63, 3.8) is 0 Å². The second kappa shape index (κ2) is 8.45. The first kappa shape index (κ1) is 20.5. The van der Waals surface area contributed by atoms with Gasteiger partial charge in [0.1, 0.15) is 15.8 Å². The SMILES string of the molecule is CCCNc1nc2ccc(C)cn2c(=O)c1C=C1SC(=S)N(C(C)CC)C1=O. The molecule has 1 fully saturated rings. The van der Waals surface area contributed by atoms with Crippen LogP contribution in [0.1, 0.15) is 44.7 Å². The fraction of sp³-hybridized carbons (Fsp3) is 0.400. The molecule has 6 nitrogen and oxygen atoms in total. The molecular formula is C20H24N4O2S2. The molecule has 1 N–H and O–H groups in total. The Hall–Kier alpha value is -2.19. The number of thioether (sulfide) groups is 1. The van der Waals surface area contributed by atoms with Crippen LogP contribution in [0.3, 0.4) is 0 Å². The molecule has 1 aliphatic rings. The Labute approximate surface area is 174 Å². The molecule has 0 radical (unpaired) electrons. The zero-order valence-corrected chi connectivity index (χ0v) is 18.1. The molecule has 3 rings (SSSR count). The highest BCUT2D eigenvalue weighted by Crippen LogP contribution is 2.34. The lowest BCUT2D eigenvalue weighted by molar-refractivity contribution is -0.123. The number of amides is 1. The van der Waals surface area contributed by atoms with Gasteiger partial charge in [-0.25, -0.2) is 4.98 Å². The smallest absolute Gasteiger partial charge is 0.267 e. The molecule has 2 aromatic heterocycles. The van der Waals surface area contributed by atoms with Crippen LogP contribution >= 0.6 is 24.0 Å². The molecule has 0 aromatic carbocycles. The van der Waals surface area contributed by atoms with Gasteiger partial charge in [-0.2, -0.15) is 0 Å². The summed E-state index contributed by atoms with van der Waals surface area (Å²) in [5, 5.41) is 3.22. The molecule has 1 atom stereocenters. The molecule has 0 bridgehead atoms. The number of carbonyl (C=O) groups excluding carboxylic acids is 1. The minimum Gasteiger partial charge on any atom is -0.369 e. The minimum atomic E-state index is -0.207. The molecule has 8 heteroatoms. The third-order valence-electron chi connectivity index (χ3n) is 4.68. The lowest BCUT2D eigenvalue weighted by Gasteiger charge is -2.21. The zero-order valence-electron chi connectivity index (χ0n) is 16.5. The number of nitrogens with zero attached hydrogens (tertiary/aromatic N) is 3. The number of hydrogen-bond acceptors (Lipinski definition) is 6. The van der Waals surface area contributed by atoms with Crippen molar-refractivity contribution in [3.8, 4) is 0 Å². The standard InChI is InChI=1S/C20H24N4O2S2/c1-5-9-21-17-14(18(25)23-11-12(3)7-8-16(23)22-17)10-15-19(26)24(13(4)6-2)20(27)28-15/h7-8,10-11,13,21H,5-6,9H2,1-4H3. The van der Waals surface area contributed by atoms with Crippen LogP contribution in [0.25, 0.3) is 11.7 Å². The van der Waals surface area contributed by atoms with Crippen LogP contribution in [-0.4, -0.2) is 37.1 Å². The third kappa shape index (κ3) is 3.84. The van der Waals surface area contributed by atoms with Crippen molar-refractivity contribution in [1.29, 1.82) is 0 Å². The summed E-state index contributed by atoms with van der Waals surface area (Å²) in [6.45, 7) is 8.63. The van der Waals surface area contributed by atoms with E-state index in [9.17, 15) is 9.59 Å². The van der Waals surface area contributed by atoms with Crippen LogP contribution in [0.15, 0.2) is 28.0 Å². The van der Waals surface area contributed by atoms with Crippen molar-refractivity contribution < 1.29 is 4.79 Å². The topological polar surface area (TPSA) is 66.7 Å². The average molecular weight is 417 g/mol. The number of hydrogen-bond donors (Lipinski definition) is 1. The van der Waals surface area contributed by atoms with Gasteiger partial charge in [-0.1, -0.05) is 43.9 Å². The van der Waals surface area contributed by atoms with E-state index < -0.39 is 0 Å². The van der Waals surface area contributed by atoms with Gasteiger partial charge in [0.05, 0.1) is 10.5 Å². The summed E-state index contributed by atoms with van der Waals surface area (Å²) in [6.07, 6.45) is 5.09. The van der Waals surface area contributed by atoms with E-state index in [0.717, 1.165) is 18.4 Å². The van der Waals surface area contributed by atoms with Crippen molar-refractivity contribution in [2.75, 3.05) is 11.9 Å². The van der Waals surface area contributed by atoms with Gasteiger partial charge in [-0.15, -0.1) is 0 Å². The van der Waals surface area contributed by atoms with Gasteiger partial charge in [-0.3, -0.25) is 18.9 Å². The molecule has 0 spiro atoms. The van der Waals surface area contributed by atoms with Crippen LogP contribution < -0.4 is 10.9 Å². The highest BCUT2D eigenvalue weighted by molar-refractivity contribution is 8.26. The Morgan fingerprint density at radius 1 is 1.32 bits per heavy atom. The van der Waals surface area contributed by atoms with E-state index in [1.165, 1.54) is 16.2 Å². The largest absolute Gasteiger partial charge is 0.369 e. The molecule has 1 amide bonds. The number of aromatic nitrogens is 2. The summed E-state index contributed by atoms with van der Waals surface area (Å²) in [5.41, 5.74) is 1.69. The van der Waals surface area contributed by atoms with Crippen molar-refractivity contribution in [2.24, 2.45) is 0 Å². The molecule has 2 aromatic rings. The first-order chi connectivity index (χ1) is 13.4. The quantitative estimate of drug-likeness (QED) is 0.570. The fourth-order valence-electron chi connectivity index (χ4n) is 2.94. The molecule has 28 heavy (non-hydrogen) atoms. The third-order valence-corrected chi connectivity index (χ3v) is 6.01. The number of carbonyl (C=O) groups is 1. The fourth-order valence-corrected chi connectivity index (χ4v) is 4.38. The summed E-state index contributed by atoms with van der Waals surface area (Å²) in [7, 11) is 0. The minimum absolute atomic E-state index is 0.0227. The van der Waals surface area contributed by atoms with Crippen LogP contribution in [0.4, 0.5) is 5.82 Å². The Morgan fingerprint density at radius 2 is 2.07 bits per heavy atom. The van der Waals surface area contributed by atoms with E-state index in [-0.39, 0.29) is 17.5 Å². The summed E-state index contributed by atoms with van der Waals surface area (Å²) < 4.78 is 2.05. The number of anilines is 1. The number of aryl methyl sites for hydroxylation is 1. The van der Waals surface area contributed by atoms with E-state index in [4.69, 9.17) is 12.2 Å². The Morgan fingerprint density at radius 3 is 2.75 bits per heavy atom. The summed E-state index contributed by atoms with van der Waals surface area (Å²) >= 11 is 6.63. The van der Waals surface area contributed by atoms with Crippen LogP contribution in [0, 0.1) is 6.92 Å². The number of thiocarbonyl (C=S) groups is 1. The number of nitrogens with one attached hydrogen (secondary N) is 1. The summed E-state index contributed by atoms with van der Waals surface area (Å²) in [4.78, 5) is 32.8. The van der Waals surface area contributed by atoms with Gasteiger partial charge < -0.3 is 5.32 Å². The highest BCUT2D eigenvalue weighted by Gasteiger charge is 2.35. The molecule has 1 unspecified atom stereocenters. The summed E-state index contributed by atoms with van der Waals surface area (Å²) in [6, 6.07) is 3.76. The number of pyridine rings is 1. The Bertz CT molecular complexity index is 1030. The van der Waals surface area contributed by atoms with Gasteiger partial charge >= 0.3 is 0 Å². The lowest BCUT2D eigenvalue weighted by atomic mass is 10.2. The van der Waals surface area contributed by atoms with Crippen molar-refractivity contribution in [3.05, 3.63) is 44.7 Å². The van der Waals surface area contributed by atoms with Gasteiger partial charge in [0.2, 0.25) is 0 Å². The van der Waals surface area contributed by atoms with E-state index in [0.29, 0.717) is 32.8 Å². The summed E-state index contributed by atoms with van der Waals surface area (Å²) in [5.74, 6) is 0.337. The van der Waals surface area contributed by atoms with E-state index in [1.807, 2.05) is 39.8 Å². The van der Waals surface area contributed by atoms with Gasteiger partial charge in [0, 0.05) is 18.8 Å². The Kier molecular flexibility index (Phi) is 6.20. The second-order valence-corrected chi connectivity index (χ2v) is 8.53. The van der Waals surface area contributed by atoms with Crippen molar-refractivity contribution >= 4 is 51.7 Å². The first-order valence-electron chi connectivity index (χ1n) is 9.41. The zero-order chi connectivity index (χ0) is 20.4. The highest BCUT2D eigenvalue weighted by atomic mass is 32.2. The van der Waals surface area contributed by atoms with Crippen LogP contribution in [-0.2, 0) is 4.79 Å². The van der Waals surface area contributed by atoms with Gasteiger partial charge in [0.25, 0.3) is 11.5 Å². The van der Waals surface area contributed by atoms with Crippen LogP contribution in [0.2, 0.25) is 0 Å². The van der Waals surface area contributed by atoms with Gasteiger partial charge in [-0.05, 0) is 44.4 Å². The average Bonchev–Trinajstić information content (AvgIpc) is 2.95. The molecule has 1 saturated heterocycles. The molecule has 3 heterocycles. The molecule has 1 aliphatic heterocycles. The Balaban J connectivity index is 2.14. The molecule has 0 aliphatic carbocycles.